The van der Waals surface area contributed by atoms with Gasteiger partial charge in [0, 0.05) is 16.6 Å². The first-order chi connectivity index (χ1) is 12.2. The minimum absolute atomic E-state index is 0.0143. The Labute approximate surface area is 162 Å². The largest absolute Gasteiger partial charge is 0.444 e. The average molecular weight is 422 g/mol. The van der Waals surface area contributed by atoms with Crippen LogP contribution in [0.15, 0.2) is 27.7 Å². The molecular weight excluding hydrogens is 398 g/mol. The second kappa shape index (κ2) is 7.39. The van der Waals surface area contributed by atoms with Crippen LogP contribution in [0.25, 0.3) is 0 Å². The van der Waals surface area contributed by atoms with Crippen molar-refractivity contribution in [1.82, 2.24) is 10.2 Å². The van der Waals surface area contributed by atoms with Crippen LogP contribution in [0.5, 0.6) is 0 Å². The number of ketones is 1. The Kier molecular flexibility index (Phi) is 5.37. The van der Waals surface area contributed by atoms with E-state index in [0.29, 0.717) is 19.5 Å². The summed E-state index contributed by atoms with van der Waals surface area (Å²) in [5, 5.41) is 3.15. The van der Waals surface area contributed by atoms with E-state index in [-0.39, 0.29) is 12.3 Å². The molecule has 140 valence electrons. The van der Waals surface area contributed by atoms with Gasteiger partial charge < -0.3 is 10.1 Å². The van der Waals surface area contributed by atoms with Crippen LogP contribution < -0.4 is 5.32 Å². The summed E-state index contributed by atoms with van der Waals surface area (Å²) < 4.78 is 6.40. The molecule has 2 aliphatic rings. The number of carbonyl (C=O) groups excluding carboxylic acids is 2. The van der Waals surface area contributed by atoms with Crippen molar-refractivity contribution in [2.24, 2.45) is 4.99 Å². The van der Waals surface area contributed by atoms with Gasteiger partial charge in [-0.05, 0) is 51.3 Å². The summed E-state index contributed by atoms with van der Waals surface area (Å²) in [4.78, 5) is 31.0. The molecule has 1 fully saturated rings. The van der Waals surface area contributed by atoms with E-state index >= 15 is 0 Å². The lowest BCUT2D eigenvalue weighted by molar-refractivity contribution is -0.122. The number of ether oxygens (including phenoxy) is 1. The third-order valence-corrected chi connectivity index (χ3v) is 4.91. The summed E-state index contributed by atoms with van der Waals surface area (Å²) >= 11 is 3.47. The highest BCUT2D eigenvalue weighted by Crippen LogP contribution is 2.23. The van der Waals surface area contributed by atoms with Crippen LogP contribution in [0, 0.1) is 0 Å². The second-order valence-electron chi connectivity index (χ2n) is 7.62. The van der Waals surface area contributed by atoms with Gasteiger partial charge in [-0.2, -0.15) is 0 Å². The number of fused-ring (bicyclic) bond motifs is 1. The smallest absolute Gasteiger partial charge is 0.410 e. The van der Waals surface area contributed by atoms with Crippen molar-refractivity contribution in [3.05, 3.63) is 33.8 Å². The molecule has 0 radical (unpaired) electrons. The standard InChI is InChI=1S/C19H24BrN3O3/c1-19(2,3)26-18(25)23-8-4-5-15(23)16(24)11-22-17-14-9-13(20)7-6-12(14)10-21-17/h6-7,9,15H,4-5,8,10-11H2,1-3H3,(H,21,22). The summed E-state index contributed by atoms with van der Waals surface area (Å²) in [6.45, 7) is 6.80. The van der Waals surface area contributed by atoms with Crippen LogP contribution in [0.3, 0.4) is 0 Å². The first kappa shape index (κ1) is 18.9. The van der Waals surface area contributed by atoms with Crippen molar-refractivity contribution < 1.29 is 14.3 Å². The minimum atomic E-state index is -0.568. The molecule has 6 nitrogen and oxygen atoms in total. The number of hydrogen-bond donors (Lipinski definition) is 1. The zero-order valence-corrected chi connectivity index (χ0v) is 16.9. The molecule has 0 bridgehead atoms. The van der Waals surface area contributed by atoms with Crippen molar-refractivity contribution >= 4 is 33.6 Å². The van der Waals surface area contributed by atoms with E-state index in [1.807, 2.05) is 39.0 Å². The fourth-order valence-electron chi connectivity index (χ4n) is 3.24. The van der Waals surface area contributed by atoms with Gasteiger partial charge >= 0.3 is 6.09 Å². The topological polar surface area (TPSA) is 71.0 Å². The lowest BCUT2D eigenvalue weighted by Crippen LogP contribution is -2.46. The van der Waals surface area contributed by atoms with Gasteiger partial charge in [-0.3, -0.25) is 14.7 Å². The Hall–Kier alpha value is -1.89. The molecule has 0 saturated carbocycles. The average Bonchev–Trinajstić information content (AvgIpc) is 3.18. The highest BCUT2D eigenvalue weighted by atomic mass is 79.9. The number of halogens is 1. The zero-order chi connectivity index (χ0) is 18.9. The Bertz CT molecular complexity index is 755. The number of amides is 1. The normalized spacial score (nSPS) is 19.2. The number of rotatable bonds is 3. The highest BCUT2D eigenvalue weighted by Gasteiger charge is 2.36. The van der Waals surface area contributed by atoms with E-state index in [4.69, 9.17) is 4.74 Å². The molecule has 1 saturated heterocycles. The maximum atomic E-state index is 12.7. The monoisotopic (exact) mass is 421 g/mol. The summed E-state index contributed by atoms with van der Waals surface area (Å²) in [5.41, 5.74) is 1.59. The van der Waals surface area contributed by atoms with E-state index in [1.54, 1.807) is 4.90 Å². The van der Waals surface area contributed by atoms with Crippen molar-refractivity contribution in [2.45, 2.75) is 51.8 Å². The summed E-state index contributed by atoms with van der Waals surface area (Å²) in [6.07, 6.45) is 1.07. The van der Waals surface area contributed by atoms with Crippen LogP contribution in [0.1, 0.15) is 44.7 Å². The van der Waals surface area contributed by atoms with Gasteiger partial charge in [0.15, 0.2) is 5.78 Å². The molecule has 1 aromatic rings. The van der Waals surface area contributed by atoms with Crippen molar-refractivity contribution in [3.8, 4) is 0 Å². The number of nitrogens with zero attached hydrogens (tertiary/aromatic N) is 2. The van der Waals surface area contributed by atoms with Gasteiger partial charge in [0.25, 0.3) is 0 Å². The second-order valence-corrected chi connectivity index (χ2v) is 8.53. The van der Waals surface area contributed by atoms with Crippen molar-refractivity contribution in [3.63, 3.8) is 0 Å². The predicted molar refractivity (Wildman–Crippen MR) is 103 cm³/mol. The summed E-state index contributed by atoms with van der Waals surface area (Å²) in [5.74, 6) is 0.718. The van der Waals surface area contributed by atoms with Gasteiger partial charge in [0.2, 0.25) is 0 Å². The molecule has 2 heterocycles. The number of Topliss-reactive ketones (excluding diaryl/α,β-unsaturated/α-hetero) is 1. The first-order valence-electron chi connectivity index (χ1n) is 8.84. The lowest BCUT2D eigenvalue weighted by atomic mass is 10.1. The molecule has 2 aliphatic heterocycles. The Morgan fingerprint density at radius 2 is 2.15 bits per heavy atom. The number of hydrogen-bond acceptors (Lipinski definition) is 5. The molecule has 26 heavy (non-hydrogen) atoms. The molecule has 0 spiro atoms. The maximum absolute atomic E-state index is 12.7. The van der Waals surface area contributed by atoms with Gasteiger partial charge in [0.1, 0.15) is 11.4 Å². The Morgan fingerprint density at radius 1 is 1.38 bits per heavy atom. The quantitative estimate of drug-likeness (QED) is 0.812. The molecule has 1 unspecified atom stereocenters. The number of nitrogens with one attached hydrogen (secondary N) is 1. The van der Waals surface area contributed by atoms with Crippen LogP contribution in [0.2, 0.25) is 0 Å². The molecule has 0 aliphatic carbocycles. The SMILES string of the molecule is CC(C)(C)OC(=O)N1CCCC1C(=O)CNC1=NCc2ccc(Br)cc21. The number of carbonyl (C=O) groups is 2. The molecule has 0 aromatic heterocycles. The lowest BCUT2D eigenvalue weighted by Gasteiger charge is -2.28. The molecule has 7 heteroatoms. The molecule has 1 aromatic carbocycles. The van der Waals surface area contributed by atoms with Crippen LogP contribution >= 0.6 is 15.9 Å². The summed E-state index contributed by atoms with van der Waals surface area (Å²) in [6, 6.07) is 5.59. The molecule has 1 amide bonds. The van der Waals surface area contributed by atoms with Crippen LogP contribution in [-0.2, 0) is 16.1 Å². The maximum Gasteiger partial charge on any atom is 0.410 e. The van der Waals surface area contributed by atoms with E-state index < -0.39 is 17.7 Å². The van der Waals surface area contributed by atoms with Gasteiger partial charge in [-0.1, -0.05) is 22.0 Å². The highest BCUT2D eigenvalue weighted by molar-refractivity contribution is 9.10. The fourth-order valence-corrected chi connectivity index (χ4v) is 3.60. The van der Waals surface area contributed by atoms with E-state index in [2.05, 4.69) is 26.2 Å². The zero-order valence-electron chi connectivity index (χ0n) is 15.3. The first-order valence-corrected chi connectivity index (χ1v) is 9.63. The molecule has 3 rings (SSSR count). The number of likely N-dealkylation sites (tertiary alicyclic amines) is 1. The Morgan fingerprint density at radius 3 is 2.88 bits per heavy atom. The van der Waals surface area contributed by atoms with Gasteiger partial charge in [-0.15, -0.1) is 0 Å². The van der Waals surface area contributed by atoms with Crippen LogP contribution in [-0.4, -0.2) is 47.3 Å². The molecule has 1 N–H and O–H groups in total. The number of aliphatic imine (C=N–C) groups is 1. The number of amidine groups is 1. The fraction of sp³-hybridized carbons (Fsp3) is 0.526. The van der Waals surface area contributed by atoms with Crippen molar-refractivity contribution in [1.29, 1.82) is 0 Å². The van der Waals surface area contributed by atoms with E-state index in [1.165, 1.54) is 0 Å². The van der Waals surface area contributed by atoms with Gasteiger partial charge in [0.05, 0.1) is 19.1 Å². The predicted octanol–water partition coefficient (Wildman–Crippen LogP) is 3.27. The van der Waals surface area contributed by atoms with E-state index in [0.717, 1.165) is 27.9 Å². The summed E-state index contributed by atoms with van der Waals surface area (Å²) in [7, 11) is 0. The number of benzene rings is 1. The Balaban J connectivity index is 1.60. The van der Waals surface area contributed by atoms with Gasteiger partial charge in [-0.25, -0.2) is 4.79 Å². The van der Waals surface area contributed by atoms with E-state index in [9.17, 15) is 9.59 Å². The van der Waals surface area contributed by atoms with Crippen molar-refractivity contribution in [2.75, 3.05) is 13.1 Å². The third-order valence-electron chi connectivity index (χ3n) is 4.42. The molecule has 1 atom stereocenters. The minimum Gasteiger partial charge on any atom is -0.444 e. The third kappa shape index (κ3) is 4.26. The van der Waals surface area contributed by atoms with Crippen LogP contribution in [0.4, 0.5) is 4.79 Å². The molecular formula is C19H24BrN3O3.